The maximum absolute atomic E-state index is 13.1. The number of nitro groups is 1. The third-order valence-electron chi connectivity index (χ3n) is 4.87. The van der Waals surface area contributed by atoms with Gasteiger partial charge in [-0.25, -0.2) is 12.8 Å². The summed E-state index contributed by atoms with van der Waals surface area (Å²) in [6.07, 6.45) is 0. The van der Waals surface area contributed by atoms with Gasteiger partial charge in [0.15, 0.2) is 0 Å². The number of carbonyl (C=O) groups is 1. The molecule has 1 aliphatic rings. The Kier molecular flexibility index (Phi) is 7.08. The van der Waals surface area contributed by atoms with E-state index in [9.17, 15) is 27.7 Å². The van der Waals surface area contributed by atoms with Gasteiger partial charge < -0.3 is 10.2 Å². The maximum atomic E-state index is 13.1. The second-order valence-corrected chi connectivity index (χ2v) is 9.35. The lowest BCUT2D eigenvalue weighted by atomic mass is 10.2. The Morgan fingerprint density at radius 1 is 1.13 bits per heavy atom. The van der Waals surface area contributed by atoms with E-state index >= 15 is 0 Å². The summed E-state index contributed by atoms with van der Waals surface area (Å²) in [5.41, 5.74) is 0.435. The van der Waals surface area contributed by atoms with E-state index in [1.807, 2.05) is 4.90 Å². The molecule has 0 atom stereocenters. The van der Waals surface area contributed by atoms with Crippen LogP contribution in [0, 0.1) is 15.9 Å². The summed E-state index contributed by atoms with van der Waals surface area (Å²) < 4.78 is 39.6. The molecule has 1 fully saturated rings. The van der Waals surface area contributed by atoms with Crippen LogP contribution in [0.1, 0.15) is 10.4 Å². The number of hydrogen-bond acceptors (Lipinski definition) is 6. The summed E-state index contributed by atoms with van der Waals surface area (Å²) >= 11 is 5.72. The molecule has 0 radical (unpaired) electrons. The van der Waals surface area contributed by atoms with Gasteiger partial charge in [-0.3, -0.25) is 14.9 Å². The number of carbonyl (C=O) groups excluding carboxylic acids is 1. The molecule has 3 rings (SSSR count). The third kappa shape index (κ3) is 5.69. The monoisotopic (exact) mass is 470 g/mol. The number of nitrogens with one attached hydrogen (secondary N) is 1. The molecule has 2 aromatic rings. The number of rotatable bonds is 7. The Balaban J connectivity index is 1.51. The van der Waals surface area contributed by atoms with Crippen LogP contribution in [0.25, 0.3) is 0 Å². The molecule has 166 valence electrons. The summed E-state index contributed by atoms with van der Waals surface area (Å²) in [7, 11) is -3.60. The maximum Gasteiger partial charge on any atom is 0.288 e. The molecule has 31 heavy (non-hydrogen) atoms. The molecule has 1 amide bonds. The van der Waals surface area contributed by atoms with Crippen molar-refractivity contribution in [3.05, 3.63) is 69.0 Å². The molecule has 1 aliphatic heterocycles. The lowest BCUT2D eigenvalue weighted by molar-refractivity contribution is -0.384. The first-order valence-electron chi connectivity index (χ1n) is 9.38. The highest BCUT2D eigenvalue weighted by Gasteiger charge is 2.27. The Bertz CT molecular complexity index is 1070. The summed E-state index contributed by atoms with van der Waals surface area (Å²) in [5.74, 6) is -1.26. The largest absolute Gasteiger partial charge is 0.369 e. The minimum Gasteiger partial charge on any atom is -0.369 e. The van der Waals surface area contributed by atoms with Gasteiger partial charge in [0.1, 0.15) is 10.8 Å². The first kappa shape index (κ1) is 22.9. The predicted molar refractivity (Wildman–Crippen MR) is 114 cm³/mol. The molecule has 1 heterocycles. The molecular formula is C19H20ClFN4O5S. The first-order valence-corrected chi connectivity index (χ1v) is 11.4. The minimum absolute atomic E-state index is 0.0152. The van der Waals surface area contributed by atoms with Gasteiger partial charge in [0.05, 0.1) is 10.7 Å². The van der Waals surface area contributed by atoms with Crippen LogP contribution in [-0.2, 0) is 10.0 Å². The number of nitrogens with zero attached hydrogens (tertiary/aromatic N) is 3. The SMILES string of the molecule is O=C(NCCS(=O)(=O)N1CCN(c2ccc(F)cc2)CC1)c1ccc(Cl)c([N+](=O)[O-])c1. The second kappa shape index (κ2) is 9.58. The van der Waals surface area contributed by atoms with E-state index in [0.29, 0.717) is 13.1 Å². The number of hydrogen-bond donors (Lipinski definition) is 1. The van der Waals surface area contributed by atoms with Crippen LogP contribution in [0.15, 0.2) is 42.5 Å². The van der Waals surface area contributed by atoms with Gasteiger partial charge in [0.25, 0.3) is 11.6 Å². The lowest BCUT2D eigenvalue weighted by Gasteiger charge is -2.35. The van der Waals surface area contributed by atoms with Crippen molar-refractivity contribution in [2.45, 2.75) is 0 Å². The number of piperazine rings is 1. The normalized spacial score (nSPS) is 15.0. The van der Waals surface area contributed by atoms with Gasteiger partial charge in [0, 0.05) is 50.0 Å². The molecular weight excluding hydrogens is 451 g/mol. The minimum atomic E-state index is -3.60. The topological polar surface area (TPSA) is 113 Å². The van der Waals surface area contributed by atoms with E-state index in [2.05, 4.69) is 5.32 Å². The molecule has 0 spiro atoms. The van der Waals surface area contributed by atoms with Crippen molar-refractivity contribution in [1.29, 1.82) is 0 Å². The highest BCUT2D eigenvalue weighted by atomic mass is 35.5. The van der Waals surface area contributed by atoms with Crippen molar-refractivity contribution in [1.82, 2.24) is 9.62 Å². The zero-order valence-electron chi connectivity index (χ0n) is 16.3. The van der Waals surface area contributed by atoms with Crippen LogP contribution < -0.4 is 10.2 Å². The summed E-state index contributed by atoms with van der Waals surface area (Å²) in [5, 5.41) is 13.3. The van der Waals surface area contributed by atoms with Crippen LogP contribution in [0.3, 0.4) is 0 Å². The second-order valence-electron chi connectivity index (χ2n) is 6.86. The lowest BCUT2D eigenvalue weighted by Crippen LogP contribution is -2.50. The van der Waals surface area contributed by atoms with Crippen molar-refractivity contribution < 1.29 is 22.5 Å². The first-order chi connectivity index (χ1) is 14.7. The average molecular weight is 471 g/mol. The Labute approximate surface area is 183 Å². The van der Waals surface area contributed by atoms with E-state index < -0.39 is 26.5 Å². The van der Waals surface area contributed by atoms with Crippen molar-refractivity contribution in [3.63, 3.8) is 0 Å². The number of anilines is 1. The summed E-state index contributed by atoms with van der Waals surface area (Å²) in [4.78, 5) is 24.4. The summed E-state index contributed by atoms with van der Waals surface area (Å²) in [6.45, 7) is 1.33. The number of sulfonamides is 1. The van der Waals surface area contributed by atoms with Crippen LogP contribution in [-0.4, -0.2) is 62.0 Å². The van der Waals surface area contributed by atoms with Crippen LogP contribution in [0.5, 0.6) is 0 Å². The van der Waals surface area contributed by atoms with Gasteiger partial charge in [-0.15, -0.1) is 0 Å². The van der Waals surface area contributed by atoms with Gasteiger partial charge >= 0.3 is 0 Å². The van der Waals surface area contributed by atoms with Gasteiger partial charge in [-0.05, 0) is 36.4 Å². The smallest absolute Gasteiger partial charge is 0.288 e. The number of benzene rings is 2. The molecule has 2 aromatic carbocycles. The van der Waals surface area contributed by atoms with Crippen molar-refractivity contribution in [2.24, 2.45) is 0 Å². The Morgan fingerprint density at radius 2 is 1.77 bits per heavy atom. The van der Waals surface area contributed by atoms with Crippen LogP contribution in [0.2, 0.25) is 5.02 Å². The van der Waals surface area contributed by atoms with Crippen molar-refractivity contribution in [2.75, 3.05) is 43.4 Å². The highest BCUT2D eigenvalue weighted by molar-refractivity contribution is 7.89. The van der Waals surface area contributed by atoms with Gasteiger partial charge in [0.2, 0.25) is 10.0 Å². The van der Waals surface area contributed by atoms with Crippen molar-refractivity contribution >= 4 is 38.9 Å². The summed E-state index contributed by atoms with van der Waals surface area (Å²) in [6, 6.07) is 9.62. The molecule has 1 saturated heterocycles. The van der Waals surface area contributed by atoms with E-state index in [-0.39, 0.29) is 41.8 Å². The van der Waals surface area contributed by atoms with E-state index in [4.69, 9.17) is 11.6 Å². The molecule has 9 nitrogen and oxygen atoms in total. The van der Waals surface area contributed by atoms with E-state index in [1.165, 1.54) is 28.6 Å². The molecule has 0 bridgehead atoms. The zero-order chi connectivity index (χ0) is 22.6. The fraction of sp³-hybridized carbons (Fsp3) is 0.316. The molecule has 0 aliphatic carbocycles. The fourth-order valence-electron chi connectivity index (χ4n) is 3.19. The molecule has 1 N–H and O–H groups in total. The predicted octanol–water partition coefficient (Wildman–Crippen LogP) is 2.27. The molecule has 0 unspecified atom stereocenters. The van der Waals surface area contributed by atoms with E-state index in [0.717, 1.165) is 11.8 Å². The fourth-order valence-corrected chi connectivity index (χ4v) is 4.72. The van der Waals surface area contributed by atoms with Crippen LogP contribution in [0.4, 0.5) is 15.8 Å². The average Bonchev–Trinajstić information content (AvgIpc) is 2.74. The number of nitro benzene ring substituents is 1. The highest BCUT2D eigenvalue weighted by Crippen LogP contribution is 2.25. The molecule has 12 heteroatoms. The number of amides is 1. The van der Waals surface area contributed by atoms with Crippen LogP contribution >= 0.6 is 11.6 Å². The quantitative estimate of drug-likeness (QED) is 0.490. The van der Waals surface area contributed by atoms with Crippen molar-refractivity contribution in [3.8, 4) is 0 Å². The van der Waals surface area contributed by atoms with E-state index in [1.54, 1.807) is 12.1 Å². The third-order valence-corrected chi connectivity index (χ3v) is 7.07. The Morgan fingerprint density at radius 3 is 2.39 bits per heavy atom. The molecule has 0 aromatic heterocycles. The van der Waals surface area contributed by atoms with Gasteiger partial charge in [-0.2, -0.15) is 4.31 Å². The zero-order valence-corrected chi connectivity index (χ0v) is 17.9. The Hall–Kier alpha value is -2.76. The standard InChI is InChI=1S/C19H20ClFN4O5S/c20-17-6-1-14(13-18(17)25(27)28)19(26)22-7-12-31(29,30)24-10-8-23(9-11-24)16-4-2-15(21)3-5-16/h1-6,13H,7-12H2,(H,22,26). The molecule has 0 saturated carbocycles. The number of halogens is 2. The van der Waals surface area contributed by atoms with Gasteiger partial charge in [-0.1, -0.05) is 11.6 Å².